The van der Waals surface area contributed by atoms with Crippen LogP contribution >= 0.6 is 0 Å². The molecule has 0 bridgehead atoms. The van der Waals surface area contributed by atoms with E-state index in [9.17, 15) is 26.4 Å². The summed E-state index contributed by atoms with van der Waals surface area (Å²) in [4.78, 5) is 24.2. The number of sulfone groups is 1. The Hall–Kier alpha value is -3.12. The Morgan fingerprint density at radius 2 is 1.76 bits per heavy atom. The molecule has 33 heavy (non-hydrogen) atoms. The average molecular weight is 496 g/mol. The van der Waals surface area contributed by atoms with Gasteiger partial charge in [-0.25, -0.2) is 16.8 Å². The van der Waals surface area contributed by atoms with Crippen molar-refractivity contribution >= 4 is 37.4 Å². The summed E-state index contributed by atoms with van der Waals surface area (Å²) in [6.07, 6.45) is 0.412. The van der Waals surface area contributed by atoms with Crippen molar-refractivity contribution in [3.8, 4) is 5.75 Å². The molecule has 178 valence electrons. The molecule has 0 aliphatic carbocycles. The molecule has 1 unspecified atom stereocenters. The van der Waals surface area contributed by atoms with Gasteiger partial charge in [0.15, 0.2) is 9.84 Å². The molecule has 1 saturated heterocycles. The summed E-state index contributed by atoms with van der Waals surface area (Å²) in [5, 5.41) is 0. The van der Waals surface area contributed by atoms with Crippen LogP contribution in [0, 0.1) is 5.92 Å². The summed E-state index contributed by atoms with van der Waals surface area (Å²) in [5.41, 5.74) is 5.01. The Kier molecular flexibility index (Phi) is 7.28. The standard InChI is InChI=1S/C21H25N3O7S2/c1-24(18-5-3-4-6-19(18)31-2)33(29,30)17-9-7-16(8-10-17)21(26)23-22-20(25)13-15-11-12-32(27,28)14-15/h3-10,15H,11-14H2,1-2H3,(H,22,25)(H,23,26). The number of hydrogen-bond donors (Lipinski definition) is 2. The molecular weight excluding hydrogens is 470 g/mol. The van der Waals surface area contributed by atoms with E-state index in [1.165, 1.54) is 38.4 Å². The smallest absolute Gasteiger partial charge is 0.269 e. The van der Waals surface area contributed by atoms with Gasteiger partial charge in [0, 0.05) is 19.0 Å². The van der Waals surface area contributed by atoms with Gasteiger partial charge in [-0.1, -0.05) is 12.1 Å². The lowest BCUT2D eigenvalue weighted by Gasteiger charge is -2.21. The molecule has 2 N–H and O–H groups in total. The summed E-state index contributed by atoms with van der Waals surface area (Å²) < 4.78 is 55.2. The highest BCUT2D eigenvalue weighted by atomic mass is 32.2. The van der Waals surface area contributed by atoms with Crippen LogP contribution in [0.3, 0.4) is 0 Å². The molecule has 0 aromatic heterocycles. The van der Waals surface area contributed by atoms with Crippen molar-refractivity contribution in [2.45, 2.75) is 17.7 Å². The number of anilines is 1. The maximum absolute atomic E-state index is 13.0. The fourth-order valence-corrected chi connectivity index (χ4v) is 6.57. The highest BCUT2D eigenvalue weighted by Gasteiger charge is 2.29. The highest BCUT2D eigenvalue weighted by molar-refractivity contribution is 7.92. The maximum Gasteiger partial charge on any atom is 0.269 e. The van der Waals surface area contributed by atoms with Crippen LogP contribution < -0.4 is 19.9 Å². The van der Waals surface area contributed by atoms with Gasteiger partial charge in [-0.3, -0.25) is 24.7 Å². The van der Waals surface area contributed by atoms with Crippen molar-refractivity contribution in [2.24, 2.45) is 5.92 Å². The second kappa shape index (κ2) is 9.79. The summed E-state index contributed by atoms with van der Waals surface area (Å²) in [6.45, 7) is 0. The first-order valence-electron chi connectivity index (χ1n) is 10.0. The molecule has 2 amide bonds. The lowest BCUT2D eigenvalue weighted by Crippen LogP contribution is -2.42. The number of hydrazine groups is 1. The minimum absolute atomic E-state index is 0.00796. The fraction of sp³-hybridized carbons (Fsp3) is 0.333. The third-order valence-corrected chi connectivity index (χ3v) is 8.94. The summed E-state index contributed by atoms with van der Waals surface area (Å²) in [6, 6.07) is 11.9. The first kappa shape index (κ1) is 24.5. The van der Waals surface area contributed by atoms with Crippen molar-refractivity contribution < 1.29 is 31.2 Å². The van der Waals surface area contributed by atoms with Gasteiger partial charge in [0.25, 0.3) is 15.9 Å². The van der Waals surface area contributed by atoms with Crippen molar-refractivity contribution in [3.05, 3.63) is 54.1 Å². The number of carbonyl (C=O) groups is 2. The van der Waals surface area contributed by atoms with Crippen LogP contribution in [-0.4, -0.2) is 54.3 Å². The molecule has 2 aromatic carbocycles. The van der Waals surface area contributed by atoms with Crippen LogP contribution in [-0.2, 0) is 24.7 Å². The lowest BCUT2D eigenvalue weighted by atomic mass is 10.1. The number of sulfonamides is 1. The zero-order chi connectivity index (χ0) is 24.2. The molecular formula is C21H25N3O7S2. The second-order valence-electron chi connectivity index (χ2n) is 7.64. The van der Waals surface area contributed by atoms with Gasteiger partial charge in [0.1, 0.15) is 5.75 Å². The van der Waals surface area contributed by atoms with E-state index in [-0.39, 0.29) is 34.3 Å². The zero-order valence-electron chi connectivity index (χ0n) is 18.1. The number of rotatable bonds is 7. The number of ether oxygens (including phenoxy) is 1. The first-order valence-corrected chi connectivity index (χ1v) is 13.3. The molecule has 1 aliphatic rings. The highest BCUT2D eigenvalue weighted by Crippen LogP contribution is 2.30. The molecule has 2 aromatic rings. The number of amides is 2. The second-order valence-corrected chi connectivity index (χ2v) is 11.8. The maximum atomic E-state index is 13.0. The van der Waals surface area contributed by atoms with Gasteiger partial charge >= 0.3 is 0 Å². The van der Waals surface area contributed by atoms with Crippen LogP contribution in [0.25, 0.3) is 0 Å². The third kappa shape index (κ3) is 5.82. The lowest BCUT2D eigenvalue weighted by molar-refractivity contribution is -0.122. The number of nitrogens with one attached hydrogen (secondary N) is 2. The Labute approximate surface area is 192 Å². The molecule has 10 nitrogen and oxygen atoms in total. The first-order chi connectivity index (χ1) is 15.5. The predicted octanol–water partition coefficient (Wildman–Crippen LogP) is 1.11. The average Bonchev–Trinajstić information content (AvgIpc) is 3.14. The van der Waals surface area contributed by atoms with E-state index in [1.54, 1.807) is 24.3 Å². The SMILES string of the molecule is COc1ccccc1N(C)S(=O)(=O)c1ccc(C(=O)NNC(=O)CC2CCS(=O)(=O)C2)cc1. The van der Waals surface area contributed by atoms with Gasteiger partial charge in [0.05, 0.1) is 29.2 Å². The van der Waals surface area contributed by atoms with E-state index in [4.69, 9.17) is 4.74 Å². The van der Waals surface area contributed by atoms with Crippen LogP contribution in [0.2, 0.25) is 0 Å². The Bertz CT molecular complexity index is 1240. The Balaban J connectivity index is 1.62. The normalized spacial score (nSPS) is 17.2. The topological polar surface area (TPSA) is 139 Å². The van der Waals surface area contributed by atoms with Crippen molar-refractivity contribution in [1.29, 1.82) is 0 Å². The number of carbonyl (C=O) groups excluding carboxylic acids is 2. The van der Waals surface area contributed by atoms with Crippen molar-refractivity contribution in [2.75, 3.05) is 30.0 Å². The Morgan fingerprint density at radius 1 is 1.09 bits per heavy atom. The minimum Gasteiger partial charge on any atom is -0.495 e. The van der Waals surface area contributed by atoms with E-state index in [2.05, 4.69) is 10.9 Å². The molecule has 0 radical (unpaired) electrons. The predicted molar refractivity (Wildman–Crippen MR) is 122 cm³/mol. The van der Waals surface area contributed by atoms with E-state index < -0.39 is 31.7 Å². The van der Waals surface area contributed by atoms with Crippen molar-refractivity contribution in [1.82, 2.24) is 10.9 Å². The molecule has 1 atom stereocenters. The molecule has 0 saturated carbocycles. The van der Waals surface area contributed by atoms with E-state index in [0.717, 1.165) is 4.31 Å². The third-order valence-electron chi connectivity index (χ3n) is 5.32. The van der Waals surface area contributed by atoms with Crippen LogP contribution in [0.15, 0.2) is 53.4 Å². The van der Waals surface area contributed by atoms with Gasteiger partial charge in [-0.15, -0.1) is 0 Å². The Morgan fingerprint density at radius 3 is 2.36 bits per heavy atom. The van der Waals surface area contributed by atoms with Gasteiger partial charge in [-0.2, -0.15) is 0 Å². The monoisotopic (exact) mass is 495 g/mol. The number of benzene rings is 2. The van der Waals surface area contributed by atoms with Crippen molar-refractivity contribution in [3.63, 3.8) is 0 Å². The summed E-state index contributed by atoms with van der Waals surface area (Å²) in [7, 11) is -4.15. The van der Waals surface area contributed by atoms with Gasteiger partial charge in [0.2, 0.25) is 5.91 Å². The molecule has 1 heterocycles. The molecule has 1 aliphatic heterocycles. The van der Waals surface area contributed by atoms with Crippen LogP contribution in [0.1, 0.15) is 23.2 Å². The summed E-state index contributed by atoms with van der Waals surface area (Å²) in [5.74, 6) is -0.971. The minimum atomic E-state index is -3.91. The van der Waals surface area contributed by atoms with E-state index >= 15 is 0 Å². The van der Waals surface area contributed by atoms with E-state index in [1.807, 2.05) is 0 Å². The number of nitrogens with zero attached hydrogens (tertiary/aromatic N) is 1. The van der Waals surface area contributed by atoms with Crippen LogP contribution in [0.5, 0.6) is 5.75 Å². The van der Waals surface area contributed by atoms with Gasteiger partial charge < -0.3 is 4.74 Å². The summed E-state index contributed by atoms with van der Waals surface area (Å²) >= 11 is 0. The quantitative estimate of drug-likeness (QED) is 0.549. The number of hydrogen-bond acceptors (Lipinski definition) is 7. The molecule has 1 fully saturated rings. The molecule has 12 heteroatoms. The number of methoxy groups -OCH3 is 1. The fourth-order valence-electron chi connectivity index (χ4n) is 3.50. The van der Waals surface area contributed by atoms with E-state index in [0.29, 0.717) is 17.9 Å². The van der Waals surface area contributed by atoms with Gasteiger partial charge in [-0.05, 0) is 48.7 Å². The number of para-hydroxylation sites is 2. The molecule has 0 spiro atoms. The van der Waals surface area contributed by atoms with Crippen LogP contribution in [0.4, 0.5) is 5.69 Å². The molecule has 3 rings (SSSR count). The largest absolute Gasteiger partial charge is 0.495 e. The zero-order valence-corrected chi connectivity index (χ0v) is 19.8.